The van der Waals surface area contributed by atoms with E-state index in [2.05, 4.69) is 10.6 Å². The van der Waals surface area contributed by atoms with Crippen LogP contribution in [0.15, 0.2) is 84.1 Å². The van der Waals surface area contributed by atoms with Crippen LogP contribution in [0.2, 0.25) is 0 Å². The zero-order chi connectivity index (χ0) is 21.4. The van der Waals surface area contributed by atoms with E-state index >= 15 is 0 Å². The minimum atomic E-state index is -0.326. The number of benzene rings is 3. The molecule has 0 amide bonds. The third-order valence-corrected chi connectivity index (χ3v) is 5.87. The van der Waals surface area contributed by atoms with Crippen LogP contribution in [0.3, 0.4) is 0 Å². The van der Waals surface area contributed by atoms with E-state index in [1.165, 1.54) is 0 Å². The fourth-order valence-electron chi connectivity index (χ4n) is 4.31. The number of ketones is 2. The first kappa shape index (κ1) is 19.1. The molecule has 1 aliphatic heterocycles. The molecule has 1 atom stereocenters. The summed E-state index contributed by atoms with van der Waals surface area (Å²) in [5.41, 5.74) is 5.36. The lowest BCUT2D eigenvalue weighted by Crippen LogP contribution is -2.23. The van der Waals surface area contributed by atoms with Crippen LogP contribution in [0.1, 0.15) is 46.8 Å². The summed E-state index contributed by atoms with van der Waals surface area (Å²) in [6.07, 6.45) is 2.09. The first-order valence-corrected chi connectivity index (χ1v) is 10.4. The molecule has 31 heavy (non-hydrogen) atoms. The number of hydrogen-bond acceptors (Lipinski definition) is 5. The lowest BCUT2D eigenvalue weighted by atomic mass is 9.87. The quantitative estimate of drug-likeness (QED) is 0.517. The molecule has 3 aromatic carbocycles. The van der Waals surface area contributed by atoms with Crippen molar-refractivity contribution in [2.24, 2.45) is 0 Å². The topological polar surface area (TPSA) is 78.4 Å². The van der Waals surface area contributed by atoms with Crippen LogP contribution in [-0.2, 0) is 4.79 Å². The van der Waals surface area contributed by atoms with E-state index in [-0.39, 0.29) is 23.4 Å². The molecule has 5 nitrogen and oxygen atoms in total. The van der Waals surface area contributed by atoms with Crippen molar-refractivity contribution in [3.63, 3.8) is 0 Å². The highest BCUT2D eigenvalue weighted by Gasteiger charge is 2.32. The van der Waals surface area contributed by atoms with Crippen LogP contribution in [0.4, 0.5) is 11.4 Å². The second-order valence-corrected chi connectivity index (χ2v) is 7.92. The van der Waals surface area contributed by atoms with E-state index in [4.69, 9.17) is 0 Å². The van der Waals surface area contributed by atoms with Gasteiger partial charge in [-0.1, -0.05) is 42.5 Å². The highest BCUT2D eigenvalue weighted by molar-refractivity contribution is 6.10. The average molecular weight is 410 g/mol. The summed E-state index contributed by atoms with van der Waals surface area (Å²) in [4.78, 5) is 25.8. The van der Waals surface area contributed by atoms with Gasteiger partial charge >= 0.3 is 0 Å². The number of rotatable bonds is 3. The molecule has 0 bridgehead atoms. The van der Waals surface area contributed by atoms with E-state index in [0.29, 0.717) is 17.5 Å². The summed E-state index contributed by atoms with van der Waals surface area (Å²) in [6.45, 7) is 0. The molecule has 5 heteroatoms. The standard InChI is InChI=1S/C26H22N2O3/c29-19-12-9-16(10-13-19)25-24-21(7-4-8-23(24)30)27-22-15-18(11-14-20(22)28-25)26(31)17-5-2-1-3-6-17/h1-3,5-6,9-15,25,27-29H,4,7-8H2. The van der Waals surface area contributed by atoms with Crippen LogP contribution in [0, 0.1) is 0 Å². The van der Waals surface area contributed by atoms with Gasteiger partial charge in [0.1, 0.15) is 5.75 Å². The fourth-order valence-corrected chi connectivity index (χ4v) is 4.31. The lowest BCUT2D eigenvalue weighted by Gasteiger charge is -2.25. The maximum absolute atomic E-state index is 12.9. The maximum atomic E-state index is 12.9. The Morgan fingerprint density at radius 1 is 0.871 bits per heavy atom. The van der Waals surface area contributed by atoms with Gasteiger partial charge in [0.05, 0.1) is 17.4 Å². The number of aromatic hydroxyl groups is 1. The summed E-state index contributed by atoms with van der Waals surface area (Å²) < 4.78 is 0. The molecule has 1 heterocycles. The minimum absolute atomic E-state index is 0.0431. The van der Waals surface area contributed by atoms with E-state index in [9.17, 15) is 14.7 Å². The van der Waals surface area contributed by atoms with Crippen LogP contribution < -0.4 is 10.6 Å². The second kappa shape index (κ2) is 7.76. The normalized spacial score (nSPS) is 17.7. The largest absolute Gasteiger partial charge is 0.508 e. The zero-order valence-corrected chi connectivity index (χ0v) is 16.9. The van der Waals surface area contributed by atoms with Crippen molar-refractivity contribution in [1.29, 1.82) is 0 Å². The van der Waals surface area contributed by atoms with Crippen molar-refractivity contribution in [2.75, 3.05) is 10.6 Å². The van der Waals surface area contributed by atoms with Crippen molar-refractivity contribution >= 4 is 22.9 Å². The Morgan fingerprint density at radius 2 is 1.65 bits per heavy atom. The third-order valence-electron chi connectivity index (χ3n) is 5.87. The van der Waals surface area contributed by atoms with Gasteiger partial charge in [-0.25, -0.2) is 0 Å². The van der Waals surface area contributed by atoms with Crippen LogP contribution in [0.5, 0.6) is 5.75 Å². The second-order valence-electron chi connectivity index (χ2n) is 7.92. The number of carbonyl (C=O) groups excluding carboxylic acids is 2. The van der Waals surface area contributed by atoms with Gasteiger partial charge in [-0.2, -0.15) is 0 Å². The Kier molecular flexibility index (Phi) is 4.79. The van der Waals surface area contributed by atoms with Gasteiger partial charge < -0.3 is 15.7 Å². The molecular formula is C26H22N2O3. The minimum Gasteiger partial charge on any atom is -0.508 e. The van der Waals surface area contributed by atoms with Gasteiger partial charge in [-0.15, -0.1) is 0 Å². The van der Waals surface area contributed by atoms with Gasteiger partial charge in [0, 0.05) is 28.8 Å². The number of hydrogen-bond donors (Lipinski definition) is 3. The molecule has 5 rings (SSSR count). The van der Waals surface area contributed by atoms with Crippen molar-refractivity contribution in [1.82, 2.24) is 0 Å². The predicted molar refractivity (Wildman–Crippen MR) is 120 cm³/mol. The highest BCUT2D eigenvalue weighted by atomic mass is 16.3. The molecule has 2 aliphatic rings. The summed E-state index contributed by atoms with van der Waals surface area (Å²) in [6, 6.07) is 21.3. The van der Waals surface area contributed by atoms with E-state index in [0.717, 1.165) is 41.1 Å². The van der Waals surface area contributed by atoms with Crippen molar-refractivity contribution in [2.45, 2.75) is 25.3 Å². The molecule has 154 valence electrons. The highest BCUT2D eigenvalue weighted by Crippen LogP contribution is 2.41. The molecule has 0 aromatic heterocycles. The Bertz CT molecular complexity index is 1200. The van der Waals surface area contributed by atoms with Gasteiger partial charge in [0.2, 0.25) is 0 Å². The molecule has 0 fully saturated rings. The molecule has 0 spiro atoms. The summed E-state index contributed by atoms with van der Waals surface area (Å²) in [5, 5.41) is 16.6. The Labute approximate surface area is 180 Å². The smallest absolute Gasteiger partial charge is 0.193 e. The number of Topliss-reactive ketones (excluding diaryl/α,β-unsaturated/α-hetero) is 1. The molecule has 3 aromatic rings. The summed E-state index contributed by atoms with van der Waals surface area (Å²) >= 11 is 0. The molecule has 1 unspecified atom stereocenters. The number of allylic oxidation sites excluding steroid dienone is 1. The van der Waals surface area contributed by atoms with Crippen molar-refractivity contribution in [3.05, 3.63) is 101 Å². The lowest BCUT2D eigenvalue weighted by molar-refractivity contribution is -0.116. The average Bonchev–Trinajstić information content (AvgIpc) is 2.96. The van der Waals surface area contributed by atoms with Crippen LogP contribution >= 0.6 is 0 Å². The molecule has 0 radical (unpaired) electrons. The van der Waals surface area contributed by atoms with E-state index in [1.54, 1.807) is 24.3 Å². The summed E-state index contributed by atoms with van der Waals surface area (Å²) in [5.74, 6) is 0.260. The van der Waals surface area contributed by atoms with Crippen LogP contribution in [0.25, 0.3) is 0 Å². The van der Waals surface area contributed by atoms with E-state index < -0.39 is 0 Å². The Hall–Kier alpha value is -3.86. The van der Waals surface area contributed by atoms with Crippen LogP contribution in [-0.4, -0.2) is 16.7 Å². The van der Waals surface area contributed by atoms with Gasteiger partial charge in [-0.3, -0.25) is 9.59 Å². The number of phenols is 1. The monoisotopic (exact) mass is 410 g/mol. The Balaban J connectivity index is 1.58. The number of anilines is 2. The van der Waals surface area contributed by atoms with Gasteiger partial charge in [0.25, 0.3) is 0 Å². The molecular weight excluding hydrogens is 388 g/mol. The first-order chi connectivity index (χ1) is 15.1. The predicted octanol–water partition coefficient (Wildman–Crippen LogP) is 5.21. The Morgan fingerprint density at radius 3 is 2.42 bits per heavy atom. The zero-order valence-electron chi connectivity index (χ0n) is 16.9. The maximum Gasteiger partial charge on any atom is 0.193 e. The third kappa shape index (κ3) is 3.59. The van der Waals surface area contributed by atoms with E-state index in [1.807, 2.05) is 48.5 Å². The van der Waals surface area contributed by atoms with Gasteiger partial charge in [0.15, 0.2) is 11.6 Å². The molecule has 0 saturated heterocycles. The molecule has 1 aliphatic carbocycles. The summed E-state index contributed by atoms with van der Waals surface area (Å²) in [7, 11) is 0. The van der Waals surface area contributed by atoms with Gasteiger partial charge in [-0.05, 0) is 48.7 Å². The number of fused-ring (bicyclic) bond motifs is 1. The molecule has 0 saturated carbocycles. The SMILES string of the molecule is O=C1CCCC2=C1C(c1ccc(O)cc1)Nc1ccc(C(=O)c3ccccc3)cc1N2. The first-order valence-electron chi connectivity index (χ1n) is 10.4. The van der Waals surface area contributed by atoms with Crippen molar-refractivity contribution < 1.29 is 14.7 Å². The number of nitrogens with one attached hydrogen (secondary N) is 2. The van der Waals surface area contributed by atoms with Crippen molar-refractivity contribution in [3.8, 4) is 5.75 Å². The number of carbonyl (C=O) groups is 2. The number of phenolic OH excluding ortho intramolecular Hbond substituents is 1. The molecule has 3 N–H and O–H groups in total. The fraction of sp³-hybridized carbons (Fsp3) is 0.154.